The van der Waals surface area contributed by atoms with Gasteiger partial charge in [0.15, 0.2) is 0 Å². The number of fused-ring (bicyclic) bond motifs is 2. The van der Waals surface area contributed by atoms with E-state index in [0.29, 0.717) is 5.41 Å². The predicted molar refractivity (Wildman–Crippen MR) is 84.3 cm³/mol. The van der Waals surface area contributed by atoms with E-state index in [-0.39, 0.29) is 0 Å². The predicted octanol–water partition coefficient (Wildman–Crippen LogP) is 4.86. The molecule has 0 amide bonds. The third-order valence-corrected chi connectivity index (χ3v) is 5.98. The SMILES string of the molecule is CCC(CC)CC1(CNCC(C)C)CC2CCC1C2. The van der Waals surface area contributed by atoms with E-state index in [1.807, 2.05) is 0 Å². The first-order chi connectivity index (χ1) is 9.09. The molecule has 2 saturated carbocycles. The maximum Gasteiger partial charge on any atom is 0.00108 e. The summed E-state index contributed by atoms with van der Waals surface area (Å²) in [6.07, 6.45) is 10.4. The highest BCUT2D eigenvalue weighted by atomic mass is 14.9. The van der Waals surface area contributed by atoms with Crippen LogP contribution >= 0.6 is 0 Å². The summed E-state index contributed by atoms with van der Waals surface area (Å²) in [6, 6.07) is 0. The standard InChI is InChI=1S/C18H35N/c1-5-15(6-2)10-18(13-19-12-14(3)4)11-16-7-8-17(18)9-16/h14-17,19H,5-13H2,1-4H3. The summed E-state index contributed by atoms with van der Waals surface area (Å²) >= 11 is 0. The smallest absolute Gasteiger partial charge is 0.00108 e. The lowest BCUT2D eigenvalue weighted by molar-refractivity contribution is 0.111. The van der Waals surface area contributed by atoms with E-state index < -0.39 is 0 Å². The Morgan fingerprint density at radius 3 is 2.37 bits per heavy atom. The summed E-state index contributed by atoms with van der Waals surface area (Å²) in [6.45, 7) is 11.9. The average molecular weight is 265 g/mol. The summed E-state index contributed by atoms with van der Waals surface area (Å²) in [7, 11) is 0. The normalized spacial score (nSPS) is 33.8. The van der Waals surface area contributed by atoms with Gasteiger partial charge in [-0.15, -0.1) is 0 Å². The van der Waals surface area contributed by atoms with Gasteiger partial charge in [0.1, 0.15) is 0 Å². The summed E-state index contributed by atoms with van der Waals surface area (Å²) in [5, 5.41) is 3.81. The van der Waals surface area contributed by atoms with E-state index >= 15 is 0 Å². The van der Waals surface area contributed by atoms with Gasteiger partial charge in [-0.25, -0.2) is 0 Å². The monoisotopic (exact) mass is 265 g/mol. The van der Waals surface area contributed by atoms with Gasteiger partial charge in [0.25, 0.3) is 0 Å². The Bertz CT molecular complexity index is 269. The van der Waals surface area contributed by atoms with Crippen molar-refractivity contribution in [3.63, 3.8) is 0 Å². The lowest BCUT2D eigenvalue weighted by Gasteiger charge is -2.41. The molecule has 1 N–H and O–H groups in total. The van der Waals surface area contributed by atoms with Gasteiger partial charge in [-0.2, -0.15) is 0 Å². The van der Waals surface area contributed by atoms with E-state index in [4.69, 9.17) is 0 Å². The Labute approximate surface area is 120 Å². The molecule has 0 aromatic carbocycles. The molecule has 2 rings (SSSR count). The summed E-state index contributed by atoms with van der Waals surface area (Å²) in [5.74, 6) is 3.85. The molecule has 3 unspecified atom stereocenters. The largest absolute Gasteiger partial charge is 0.316 e. The quantitative estimate of drug-likeness (QED) is 0.660. The minimum absolute atomic E-state index is 0.661. The molecule has 2 bridgehead atoms. The van der Waals surface area contributed by atoms with Gasteiger partial charge in [0.05, 0.1) is 0 Å². The summed E-state index contributed by atoms with van der Waals surface area (Å²) in [4.78, 5) is 0. The van der Waals surface area contributed by atoms with Crippen molar-refractivity contribution in [2.75, 3.05) is 13.1 Å². The van der Waals surface area contributed by atoms with E-state index in [1.165, 1.54) is 51.6 Å². The second-order valence-electron chi connectivity index (χ2n) is 7.85. The van der Waals surface area contributed by atoms with Crippen molar-refractivity contribution in [3.8, 4) is 0 Å². The van der Waals surface area contributed by atoms with Crippen molar-refractivity contribution in [2.24, 2.45) is 29.1 Å². The third kappa shape index (κ3) is 3.54. The molecule has 0 aliphatic heterocycles. The van der Waals surface area contributed by atoms with Crippen molar-refractivity contribution in [1.29, 1.82) is 0 Å². The molecule has 2 aliphatic carbocycles. The van der Waals surface area contributed by atoms with Gasteiger partial charge in [0, 0.05) is 6.54 Å². The summed E-state index contributed by atoms with van der Waals surface area (Å²) < 4.78 is 0. The first kappa shape index (κ1) is 15.4. The topological polar surface area (TPSA) is 12.0 Å². The van der Waals surface area contributed by atoms with E-state index in [2.05, 4.69) is 33.0 Å². The Balaban J connectivity index is 1.97. The molecule has 1 nitrogen and oxygen atoms in total. The minimum Gasteiger partial charge on any atom is -0.316 e. The van der Waals surface area contributed by atoms with Crippen LogP contribution in [0.1, 0.15) is 72.6 Å². The van der Waals surface area contributed by atoms with Crippen LogP contribution in [-0.4, -0.2) is 13.1 Å². The Hall–Kier alpha value is -0.0400. The Kier molecular flexibility index (Phi) is 5.34. The highest BCUT2D eigenvalue weighted by Gasteiger charge is 2.50. The molecule has 1 heteroatoms. The molecule has 0 radical (unpaired) electrons. The molecule has 0 saturated heterocycles. The van der Waals surface area contributed by atoms with Crippen LogP contribution in [0.4, 0.5) is 0 Å². The van der Waals surface area contributed by atoms with Crippen LogP contribution in [0, 0.1) is 29.1 Å². The molecule has 112 valence electrons. The van der Waals surface area contributed by atoms with Gasteiger partial charge in [-0.3, -0.25) is 0 Å². The number of hydrogen-bond donors (Lipinski definition) is 1. The molecule has 3 atom stereocenters. The van der Waals surface area contributed by atoms with Gasteiger partial charge in [-0.05, 0) is 61.3 Å². The average Bonchev–Trinajstić information content (AvgIpc) is 2.96. The first-order valence-electron chi connectivity index (χ1n) is 8.80. The van der Waals surface area contributed by atoms with E-state index in [0.717, 1.165) is 23.7 Å². The van der Waals surface area contributed by atoms with Crippen molar-refractivity contribution in [1.82, 2.24) is 5.32 Å². The van der Waals surface area contributed by atoms with Crippen molar-refractivity contribution in [3.05, 3.63) is 0 Å². The van der Waals surface area contributed by atoms with Gasteiger partial charge in [0.2, 0.25) is 0 Å². The second kappa shape index (κ2) is 6.61. The molecule has 19 heavy (non-hydrogen) atoms. The molecular formula is C18H35N. The minimum atomic E-state index is 0.661. The maximum atomic E-state index is 3.81. The second-order valence-corrected chi connectivity index (χ2v) is 7.85. The highest BCUT2D eigenvalue weighted by Crippen LogP contribution is 2.58. The molecule has 2 aliphatic rings. The fraction of sp³-hybridized carbons (Fsp3) is 1.00. The molecule has 0 aromatic rings. The van der Waals surface area contributed by atoms with Crippen LogP contribution in [0.2, 0.25) is 0 Å². The van der Waals surface area contributed by atoms with Crippen molar-refractivity contribution in [2.45, 2.75) is 72.6 Å². The van der Waals surface area contributed by atoms with E-state index in [1.54, 1.807) is 6.42 Å². The summed E-state index contributed by atoms with van der Waals surface area (Å²) in [5.41, 5.74) is 0.661. The molecule has 0 spiro atoms. The van der Waals surface area contributed by atoms with Gasteiger partial charge < -0.3 is 5.32 Å². The zero-order valence-electron chi connectivity index (χ0n) is 13.7. The molecule has 0 aromatic heterocycles. The lowest BCUT2D eigenvalue weighted by atomic mass is 9.67. The zero-order chi connectivity index (χ0) is 13.9. The van der Waals surface area contributed by atoms with Crippen molar-refractivity contribution < 1.29 is 0 Å². The lowest BCUT2D eigenvalue weighted by Crippen LogP contribution is -2.41. The van der Waals surface area contributed by atoms with Gasteiger partial charge >= 0.3 is 0 Å². The van der Waals surface area contributed by atoms with Crippen molar-refractivity contribution >= 4 is 0 Å². The van der Waals surface area contributed by atoms with Crippen LogP contribution < -0.4 is 5.32 Å². The highest BCUT2D eigenvalue weighted by molar-refractivity contribution is 5.02. The Morgan fingerprint density at radius 1 is 1.16 bits per heavy atom. The molecule has 0 heterocycles. The first-order valence-corrected chi connectivity index (χ1v) is 8.80. The Morgan fingerprint density at radius 2 is 1.89 bits per heavy atom. The maximum absolute atomic E-state index is 3.81. The number of hydrogen-bond acceptors (Lipinski definition) is 1. The van der Waals surface area contributed by atoms with Gasteiger partial charge in [-0.1, -0.05) is 47.0 Å². The fourth-order valence-corrected chi connectivity index (χ4v) is 4.86. The zero-order valence-corrected chi connectivity index (χ0v) is 13.7. The third-order valence-electron chi connectivity index (χ3n) is 5.98. The fourth-order valence-electron chi connectivity index (χ4n) is 4.86. The molecular weight excluding hydrogens is 230 g/mol. The number of nitrogens with one attached hydrogen (secondary N) is 1. The van der Waals surface area contributed by atoms with Crippen LogP contribution in [-0.2, 0) is 0 Å². The van der Waals surface area contributed by atoms with Crippen LogP contribution in [0.5, 0.6) is 0 Å². The van der Waals surface area contributed by atoms with Crippen LogP contribution in [0.15, 0.2) is 0 Å². The van der Waals surface area contributed by atoms with Crippen LogP contribution in [0.3, 0.4) is 0 Å². The molecule has 2 fully saturated rings. The number of rotatable bonds is 8. The van der Waals surface area contributed by atoms with Crippen LogP contribution in [0.25, 0.3) is 0 Å². The van der Waals surface area contributed by atoms with E-state index in [9.17, 15) is 0 Å².